The third-order valence-corrected chi connectivity index (χ3v) is 4.70. The van der Waals surface area contributed by atoms with Gasteiger partial charge in [-0.3, -0.25) is 14.2 Å². The summed E-state index contributed by atoms with van der Waals surface area (Å²) >= 11 is 0. The second-order valence-corrected chi connectivity index (χ2v) is 8.10. The summed E-state index contributed by atoms with van der Waals surface area (Å²) in [5, 5.41) is 20.3. The van der Waals surface area contributed by atoms with Gasteiger partial charge >= 0.3 is 0 Å². The van der Waals surface area contributed by atoms with Gasteiger partial charge in [0.2, 0.25) is 5.88 Å². The molecule has 2 aromatic rings. The molecule has 0 bridgehead atoms. The molecule has 1 aromatic heterocycles. The Morgan fingerprint density at radius 2 is 1.84 bits per heavy atom. The zero-order valence-corrected chi connectivity index (χ0v) is 18.8. The van der Waals surface area contributed by atoms with Crippen molar-refractivity contribution in [2.75, 3.05) is 13.2 Å². The van der Waals surface area contributed by atoms with Gasteiger partial charge in [0, 0.05) is 18.7 Å². The molecule has 1 heterocycles. The van der Waals surface area contributed by atoms with Crippen LogP contribution in [0.5, 0.6) is 11.6 Å². The highest BCUT2D eigenvalue weighted by molar-refractivity contribution is 6.11. The highest BCUT2D eigenvalue weighted by atomic mass is 16.5. The van der Waals surface area contributed by atoms with Crippen LogP contribution in [0.4, 0.5) is 0 Å². The molecule has 0 saturated carbocycles. The summed E-state index contributed by atoms with van der Waals surface area (Å²) in [5.41, 5.74) is -0.312. The summed E-state index contributed by atoms with van der Waals surface area (Å²) in [5.74, 6) is 0.113. The summed E-state index contributed by atoms with van der Waals surface area (Å²) in [6, 6.07) is 8.46. The Balaban J connectivity index is 2.38. The van der Waals surface area contributed by atoms with Gasteiger partial charge in [0.15, 0.2) is 5.78 Å². The number of aromatic nitrogens is 1. The van der Waals surface area contributed by atoms with Crippen molar-refractivity contribution in [2.45, 2.75) is 53.7 Å². The van der Waals surface area contributed by atoms with Crippen LogP contribution in [0.25, 0.3) is 0 Å². The number of ketones is 1. The summed E-state index contributed by atoms with van der Waals surface area (Å²) in [6.07, 6.45) is 0.498. The van der Waals surface area contributed by atoms with E-state index in [2.05, 4.69) is 0 Å². The van der Waals surface area contributed by atoms with Gasteiger partial charge in [-0.05, 0) is 62.9 Å². The topological polar surface area (TPSA) is 102 Å². The van der Waals surface area contributed by atoms with E-state index in [1.807, 2.05) is 33.8 Å². The van der Waals surface area contributed by atoms with Gasteiger partial charge in [-0.25, -0.2) is 0 Å². The number of aromatic hydroxyl groups is 1. The number of nitriles is 1. The summed E-state index contributed by atoms with van der Waals surface area (Å²) in [7, 11) is 0. The monoisotopic (exact) mass is 426 g/mol. The van der Waals surface area contributed by atoms with Crippen molar-refractivity contribution in [3.05, 3.63) is 56.9 Å². The first-order chi connectivity index (χ1) is 14.7. The van der Waals surface area contributed by atoms with Gasteiger partial charge in [0.05, 0.1) is 18.3 Å². The van der Waals surface area contributed by atoms with Crippen LogP contribution in [0.3, 0.4) is 0 Å². The number of carbonyl (C=O) groups is 1. The molecule has 0 aliphatic heterocycles. The number of ether oxygens (including phenoxy) is 2. The third-order valence-electron chi connectivity index (χ3n) is 4.70. The number of rotatable bonds is 10. The lowest BCUT2D eigenvalue weighted by Gasteiger charge is -2.16. The number of nitrogens with zero attached hydrogens (tertiary/aromatic N) is 2. The van der Waals surface area contributed by atoms with Crippen molar-refractivity contribution in [1.29, 1.82) is 5.26 Å². The van der Waals surface area contributed by atoms with E-state index in [-0.39, 0.29) is 29.3 Å². The lowest BCUT2D eigenvalue weighted by Crippen LogP contribution is -2.27. The van der Waals surface area contributed by atoms with E-state index in [4.69, 9.17) is 9.47 Å². The van der Waals surface area contributed by atoms with Gasteiger partial charge in [-0.2, -0.15) is 5.26 Å². The predicted molar refractivity (Wildman–Crippen MR) is 118 cm³/mol. The lowest BCUT2D eigenvalue weighted by molar-refractivity contribution is 0.0743. The molecular weight excluding hydrogens is 396 g/mol. The average Bonchev–Trinajstić information content (AvgIpc) is 2.72. The standard InChI is InChI=1S/C24H30N2O5/c1-15(2)14-31-19-9-7-18(8-10-19)22(27)21-17(5)20(13-25)23(28)26(24(21)29)11-6-12-30-16(3)4/h7-10,15-16,29H,6,11-12,14H2,1-5H3. The van der Waals surface area contributed by atoms with E-state index in [9.17, 15) is 20.0 Å². The molecule has 0 saturated heterocycles. The highest BCUT2D eigenvalue weighted by Gasteiger charge is 2.24. The molecule has 0 aliphatic carbocycles. The van der Waals surface area contributed by atoms with Gasteiger partial charge < -0.3 is 14.6 Å². The minimum Gasteiger partial charge on any atom is -0.494 e. The van der Waals surface area contributed by atoms with Crippen molar-refractivity contribution in [3.8, 4) is 17.7 Å². The number of benzene rings is 1. The second-order valence-electron chi connectivity index (χ2n) is 8.10. The van der Waals surface area contributed by atoms with Crippen molar-refractivity contribution in [1.82, 2.24) is 4.57 Å². The van der Waals surface area contributed by atoms with Gasteiger partial charge in [0.25, 0.3) is 5.56 Å². The maximum Gasteiger partial charge on any atom is 0.271 e. The van der Waals surface area contributed by atoms with Crippen LogP contribution in [-0.4, -0.2) is 34.8 Å². The number of carbonyl (C=O) groups excluding carboxylic acids is 1. The number of hydrogen-bond donors (Lipinski definition) is 1. The molecule has 0 unspecified atom stereocenters. The fourth-order valence-corrected chi connectivity index (χ4v) is 3.08. The zero-order chi connectivity index (χ0) is 23.1. The van der Waals surface area contributed by atoms with Crippen LogP contribution in [-0.2, 0) is 11.3 Å². The highest BCUT2D eigenvalue weighted by Crippen LogP contribution is 2.26. The minimum atomic E-state index is -0.615. The first kappa shape index (κ1) is 24.2. The van der Waals surface area contributed by atoms with Gasteiger partial charge in [-0.1, -0.05) is 13.8 Å². The molecule has 0 amide bonds. The fourth-order valence-electron chi connectivity index (χ4n) is 3.08. The second kappa shape index (κ2) is 10.8. The van der Waals surface area contributed by atoms with E-state index < -0.39 is 17.2 Å². The Morgan fingerprint density at radius 3 is 2.39 bits per heavy atom. The Kier molecular flexibility index (Phi) is 8.40. The molecule has 0 radical (unpaired) electrons. The normalized spacial score (nSPS) is 11.0. The van der Waals surface area contributed by atoms with Crippen LogP contribution >= 0.6 is 0 Å². The smallest absolute Gasteiger partial charge is 0.271 e. The van der Waals surface area contributed by atoms with Gasteiger partial charge in [-0.15, -0.1) is 0 Å². The summed E-state index contributed by atoms with van der Waals surface area (Å²) in [4.78, 5) is 25.8. The first-order valence-electron chi connectivity index (χ1n) is 10.4. The van der Waals surface area contributed by atoms with E-state index in [1.165, 1.54) is 6.92 Å². The largest absolute Gasteiger partial charge is 0.494 e. The Labute approximate surface area is 182 Å². The van der Waals surface area contributed by atoms with Crippen molar-refractivity contribution in [3.63, 3.8) is 0 Å². The van der Waals surface area contributed by atoms with E-state index >= 15 is 0 Å². The summed E-state index contributed by atoms with van der Waals surface area (Å²) in [6.45, 7) is 10.5. The fraction of sp³-hybridized carbons (Fsp3) is 0.458. The molecule has 2 rings (SSSR count). The zero-order valence-electron chi connectivity index (χ0n) is 18.8. The molecule has 166 valence electrons. The molecule has 0 aliphatic rings. The van der Waals surface area contributed by atoms with E-state index in [0.717, 1.165) is 4.57 Å². The predicted octanol–water partition coefficient (Wildman–Crippen LogP) is 3.81. The molecule has 0 atom stereocenters. The Bertz CT molecular complexity index is 1010. The lowest BCUT2D eigenvalue weighted by atomic mass is 9.97. The first-order valence-corrected chi connectivity index (χ1v) is 10.4. The Hall–Kier alpha value is -3.11. The molecule has 0 fully saturated rings. The molecule has 7 nitrogen and oxygen atoms in total. The number of hydrogen-bond acceptors (Lipinski definition) is 6. The molecule has 1 N–H and O–H groups in total. The molecule has 7 heteroatoms. The average molecular weight is 427 g/mol. The number of pyridine rings is 1. The molecule has 0 spiro atoms. The minimum absolute atomic E-state index is 0.0441. The SMILES string of the molecule is Cc1c(C(=O)c2ccc(OCC(C)C)cc2)c(O)n(CCCOC(C)C)c(=O)c1C#N. The molecule has 1 aromatic carbocycles. The van der Waals surface area contributed by atoms with Gasteiger partial charge in [0.1, 0.15) is 17.4 Å². The third kappa shape index (κ3) is 5.96. The van der Waals surface area contributed by atoms with Crippen molar-refractivity contribution < 1.29 is 19.4 Å². The van der Waals surface area contributed by atoms with Crippen LogP contribution < -0.4 is 10.3 Å². The van der Waals surface area contributed by atoms with Crippen molar-refractivity contribution in [2.24, 2.45) is 5.92 Å². The Morgan fingerprint density at radius 1 is 1.19 bits per heavy atom. The van der Waals surface area contributed by atoms with Crippen molar-refractivity contribution >= 4 is 5.78 Å². The summed E-state index contributed by atoms with van der Waals surface area (Å²) < 4.78 is 12.2. The van der Waals surface area contributed by atoms with Crippen LogP contribution in [0, 0.1) is 24.2 Å². The maximum absolute atomic E-state index is 13.2. The van der Waals surface area contributed by atoms with Crippen LogP contribution in [0.2, 0.25) is 0 Å². The van der Waals surface area contributed by atoms with E-state index in [1.54, 1.807) is 24.3 Å². The van der Waals surface area contributed by atoms with Crippen LogP contribution in [0.15, 0.2) is 29.1 Å². The molecule has 31 heavy (non-hydrogen) atoms. The maximum atomic E-state index is 13.2. The molecular formula is C24H30N2O5. The quantitative estimate of drug-likeness (QED) is 0.458. The van der Waals surface area contributed by atoms with E-state index in [0.29, 0.717) is 36.9 Å². The van der Waals surface area contributed by atoms with Crippen LogP contribution in [0.1, 0.15) is 61.2 Å².